The number of sulfone groups is 1. The van der Waals surface area contributed by atoms with Crippen LogP contribution in [0, 0.1) is 0 Å². The Hall–Kier alpha value is -2.64. The maximum Gasteiger partial charge on any atom is 0.259 e. The topological polar surface area (TPSA) is 81.1 Å². The molecule has 146 valence electrons. The maximum atomic E-state index is 12.9. The molecule has 0 aliphatic heterocycles. The molecule has 0 unspecified atom stereocenters. The average molecular weight is 418 g/mol. The van der Waals surface area contributed by atoms with E-state index in [0.717, 1.165) is 17.6 Å². The maximum absolute atomic E-state index is 12.9. The zero-order chi connectivity index (χ0) is 20.5. The van der Waals surface area contributed by atoms with Crippen molar-refractivity contribution in [1.82, 2.24) is 9.78 Å². The van der Waals surface area contributed by atoms with Gasteiger partial charge in [0.25, 0.3) is 5.91 Å². The Bertz CT molecular complexity index is 1120. The van der Waals surface area contributed by atoms with E-state index in [-0.39, 0.29) is 16.7 Å². The molecule has 2 aromatic carbocycles. The molecule has 0 fully saturated rings. The molecule has 1 amide bonds. The Morgan fingerprint density at radius 3 is 2.43 bits per heavy atom. The fourth-order valence-corrected chi connectivity index (χ4v) is 3.67. The molecule has 1 aromatic heterocycles. The summed E-state index contributed by atoms with van der Waals surface area (Å²) >= 11 is 5.96. The van der Waals surface area contributed by atoms with Crippen molar-refractivity contribution < 1.29 is 13.2 Å². The van der Waals surface area contributed by atoms with Crippen molar-refractivity contribution >= 4 is 33.0 Å². The third-order valence-electron chi connectivity index (χ3n) is 4.19. The molecule has 0 bridgehead atoms. The SMILES string of the molecule is CC(C)c1c(C(=O)Nc2cccc(S(C)(=O)=O)c2)cnn1-c1ccc(Cl)cc1. The van der Waals surface area contributed by atoms with Gasteiger partial charge in [-0.15, -0.1) is 0 Å². The van der Waals surface area contributed by atoms with Gasteiger partial charge < -0.3 is 5.32 Å². The van der Waals surface area contributed by atoms with Crippen molar-refractivity contribution in [3.63, 3.8) is 0 Å². The number of hydrogen-bond acceptors (Lipinski definition) is 4. The van der Waals surface area contributed by atoms with Crippen LogP contribution >= 0.6 is 11.6 Å². The summed E-state index contributed by atoms with van der Waals surface area (Å²) in [5.41, 5.74) is 2.38. The van der Waals surface area contributed by atoms with Crippen LogP contribution < -0.4 is 5.32 Å². The van der Waals surface area contributed by atoms with Crippen LogP contribution in [0.4, 0.5) is 5.69 Å². The van der Waals surface area contributed by atoms with Crippen molar-refractivity contribution in [3.05, 3.63) is 71.0 Å². The van der Waals surface area contributed by atoms with Crippen LogP contribution in [0.2, 0.25) is 5.02 Å². The van der Waals surface area contributed by atoms with Crippen molar-refractivity contribution in [2.45, 2.75) is 24.7 Å². The lowest BCUT2D eigenvalue weighted by molar-refractivity contribution is 0.102. The summed E-state index contributed by atoms with van der Waals surface area (Å²) in [6.07, 6.45) is 2.64. The molecule has 8 heteroatoms. The molecule has 0 saturated heterocycles. The van der Waals surface area contributed by atoms with E-state index < -0.39 is 9.84 Å². The number of rotatable bonds is 5. The van der Waals surface area contributed by atoms with Crippen LogP contribution in [0.1, 0.15) is 35.8 Å². The van der Waals surface area contributed by atoms with Gasteiger partial charge in [0.2, 0.25) is 0 Å². The third kappa shape index (κ3) is 4.26. The number of hydrogen-bond donors (Lipinski definition) is 1. The van der Waals surface area contributed by atoms with Gasteiger partial charge in [0.05, 0.1) is 28.0 Å². The number of halogens is 1. The summed E-state index contributed by atoms with van der Waals surface area (Å²) in [7, 11) is -3.36. The van der Waals surface area contributed by atoms with Gasteiger partial charge in [0, 0.05) is 17.0 Å². The van der Waals surface area contributed by atoms with E-state index in [1.807, 2.05) is 26.0 Å². The lowest BCUT2D eigenvalue weighted by Crippen LogP contribution is -2.15. The number of aromatic nitrogens is 2. The molecule has 0 spiro atoms. The summed E-state index contributed by atoms with van der Waals surface area (Å²) in [6.45, 7) is 3.95. The Balaban J connectivity index is 1.96. The van der Waals surface area contributed by atoms with Crippen LogP contribution in [0.25, 0.3) is 5.69 Å². The lowest BCUT2D eigenvalue weighted by Gasteiger charge is -2.13. The second-order valence-electron chi connectivity index (χ2n) is 6.74. The van der Waals surface area contributed by atoms with Gasteiger partial charge in [-0.2, -0.15) is 5.10 Å². The Morgan fingerprint density at radius 1 is 1.14 bits per heavy atom. The summed E-state index contributed by atoms with van der Waals surface area (Å²) in [4.78, 5) is 13.0. The minimum absolute atomic E-state index is 0.0290. The van der Waals surface area contributed by atoms with Gasteiger partial charge in [0.1, 0.15) is 0 Å². The predicted molar refractivity (Wildman–Crippen MR) is 110 cm³/mol. The highest BCUT2D eigenvalue weighted by molar-refractivity contribution is 7.90. The largest absolute Gasteiger partial charge is 0.322 e. The lowest BCUT2D eigenvalue weighted by atomic mass is 10.0. The number of nitrogens with zero attached hydrogens (tertiary/aromatic N) is 2. The minimum Gasteiger partial charge on any atom is -0.322 e. The molecule has 0 aliphatic rings. The first-order chi connectivity index (χ1) is 13.2. The number of carbonyl (C=O) groups excluding carboxylic acids is 1. The van der Waals surface area contributed by atoms with E-state index in [9.17, 15) is 13.2 Å². The van der Waals surface area contributed by atoms with Crippen molar-refractivity contribution in [2.24, 2.45) is 0 Å². The summed E-state index contributed by atoms with van der Waals surface area (Å²) < 4.78 is 25.2. The zero-order valence-electron chi connectivity index (χ0n) is 15.7. The molecule has 0 atom stereocenters. The van der Waals surface area contributed by atoms with E-state index in [1.165, 1.54) is 18.3 Å². The Kier molecular flexibility index (Phi) is 5.58. The molecule has 1 N–H and O–H groups in total. The standard InChI is InChI=1S/C20H20ClN3O3S/c1-13(2)19-18(12-22-24(19)16-9-7-14(21)8-10-16)20(25)23-15-5-4-6-17(11-15)28(3,26)27/h4-13H,1-3H3,(H,23,25). The van der Waals surface area contributed by atoms with Crippen LogP contribution in [0.15, 0.2) is 59.6 Å². The van der Waals surface area contributed by atoms with Gasteiger partial charge in [-0.1, -0.05) is 31.5 Å². The monoisotopic (exact) mass is 417 g/mol. The van der Waals surface area contributed by atoms with Gasteiger partial charge in [0.15, 0.2) is 9.84 Å². The van der Waals surface area contributed by atoms with E-state index >= 15 is 0 Å². The first-order valence-electron chi connectivity index (χ1n) is 8.62. The van der Waals surface area contributed by atoms with Gasteiger partial charge in [-0.05, 0) is 48.4 Å². The zero-order valence-corrected chi connectivity index (χ0v) is 17.3. The normalized spacial score (nSPS) is 11.6. The molecule has 3 rings (SSSR count). The van der Waals surface area contributed by atoms with Gasteiger partial charge >= 0.3 is 0 Å². The molecule has 6 nitrogen and oxygen atoms in total. The molecule has 0 radical (unpaired) electrons. The first-order valence-corrected chi connectivity index (χ1v) is 10.9. The average Bonchev–Trinajstić information content (AvgIpc) is 3.07. The minimum atomic E-state index is -3.36. The van der Waals surface area contributed by atoms with Crippen molar-refractivity contribution in [1.29, 1.82) is 0 Å². The molecule has 0 saturated carbocycles. The third-order valence-corrected chi connectivity index (χ3v) is 5.55. The number of nitrogens with one attached hydrogen (secondary N) is 1. The molecule has 0 aliphatic carbocycles. The highest BCUT2D eigenvalue weighted by Gasteiger charge is 2.21. The second-order valence-corrected chi connectivity index (χ2v) is 9.19. The van der Waals surface area contributed by atoms with Crippen LogP contribution in [-0.4, -0.2) is 30.4 Å². The fraction of sp³-hybridized carbons (Fsp3) is 0.200. The van der Waals surface area contributed by atoms with E-state index in [2.05, 4.69) is 10.4 Å². The van der Waals surface area contributed by atoms with Gasteiger partial charge in [-0.3, -0.25) is 4.79 Å². The smallest absolute Gasteiger partial charge is 0.259 e. The molecule has 3 aromatic rings. The summed E-state index contributed by atoms with van der Waals surface area (Å²) in [5.74, 6) is -0.323. The number of amides is 1. The Morgan fingerprint density at radius 2 is 1.82 bits per heavy atom. The number of anilines is 1. The van der Waals surface area contributed by atoms with Crippen LogP contribution in [0.5, 0.6) is 0 Å². The van der Waals surface area contributed by atoms with Crippen molar-refractivity contribution in [2.75, 3.05) is 11.6 Å². The molecular weight excluding hydrogens is 398 g/mol. The van der Waals surface area contributed by atoms with E-state index in [0.29, 0.717) is 16.3 Å². The molecule has 28 heavy (non-hydrogen) atoms. The molecular formula is C20H20ClN3O3S. The second kappa shape index (κ2) is 7.77. The van der Waals surface area contributed by atoms with Crippen LogP contribution in [0.3, 0.4) is 0 Å². The summed E-state index contributed by atoms with van der Waals surface area (Å²) in [5, 5.41) is 7.75. The highest BCUT2D eigenvalue weighted by atomic mass is 35.5. The van der Waals surface area contributed by atoms with Crippen LogP contribution in [-0.2, 0) is 9.84 Å². The van der Waals surface area contributed by atoms with E-state index in [4.69, 9.17) is 11.6 Å². The highest BCUT2D eigenvalue weighted by Crippen LogP contribution is 2.25. The molecule has 1 heterocycles. The predicted octanol–water partition coefficient (Wildman–Crippen LogP) is 4.30. The number of carbonyl (C=O) groups is 1. The first kappa shape index (κ1) is 20.1. The van der Waals surface area contributed by atoms with Gasteiger partial charge in [-0.25, -0.2) is 13.1 Å². The Labute approximate surface area is 169 Å². The van der Waals surface area contributed by atoms with Crippen molar-refractivity contribution in [3.8, 4) is 5.69 Å². The summed E-state index contributed by atoms with van der Waals surface area (Å²) in [6, 6.07) is 13.3. The van der Waals surface area contributed by atoms with E-state index in [1.54, 1.807) is 28.9 Å². The fourth-order valence-electron chi connectivity index (χ4n) is 2.88. The number of benzene rings is 2. The quantitative estimate of drug-likeness (QED) is 0.670.